The molecular formula is C24H28N4O2. The van der Waals surface area contributed by atoms with E-state index in [2.05, 4.69) is 23.2 Å². The molecule has 1 unspecified atom stereocenters. The van der Waals surface area contributed by atoms with E-state index in [1.165, 1.54) is 10.9 Å². The van der Waals surface area contributed by atoms with E-state index >= 15 is 0 Å². The topological polar surface area (TPSA) is 61.5 Å². The van der Waals surface area contributed by atoms with E-state index in [9.17, 15) is 4.79 Å². The molecule has 30 heavy (non-hydrogen) atoms. The van der Waals surface area contributed by atoms with Crippen molar-refractivity contribution in [1.29, 1.82) is 0 Å². The predicted octanol–water partition coefficient (Wildman–Crippen LogP) is 3.76. The molecule has 6 heteroatoms. The van der Waals surface area contributed by atoms with Gasteiger partial charge in [0.05, 0.1) is 12.3 Å². The number of rotatable bonds is 4. The van der Waals surface area contributed by atoms with Crippen LogP contribution in [0.15, 0.2) is 42.5 Å². The van der Waals surface area contributed by atoms with Crippen molar-refractivity contribution in [2.45, 2.75) is 38.6 Å². The second kappa shape index (κ2) is 8.20. The largest absolute Gasteiger partial charge is 0.356 e. The number of carbonyl (C=O) groups is 1. The van der Waals surface area contributed by atoms with Crippen molar-refractivity contribution in [3.8, 4) is 0 Å². The van der Waals surface area contributed by atoms with Crippen molar-refractivity contribution in [2.24, 2.45) is 0 Å². The summed E-state index contributed by atoms with van der Waals surface area (Å²) >= 11 is 0. The van der Waals surface area contributed by atoms with Crippen LogP contribution in [-0.2, 0) is 16.1 Å². The quantitative estimate of drug-likeness (QED) is 0.719. The van der Waals surface area contributed by atoms with Gasteiger partial charge in [-0.05, 0) is 49.9 Å². The summed E-state index contributed by atoms with van der Waals surface area (Å²) in [5.41, 5.74) is 5.41. The number of pyridine rings is 1. The summed E-state index contributed by atoms with van der Waals surface area (Å²) < 4.78 is 0. The van der Waals surface area contributed by atoms with Crippen LogP contribution in [0.3, 0.4) is 0 Å². The van der Waals surface area contributed by atoms with Crippen molar-refractivity contribution in [1.82, 2.24) is 19.9 Å². The maximum Gasteiger partial charge on any atom is 0.224 e. The summed E-state index contributed by atoms with van der Waals surface area (Å²) in [5.74, 6) is 0.154. The molecule has 0 aliphatic carbocycles. The van der Waals surface area contributed by atoms with Gasteiger partial charge >= 0.3 is 0 Å². The zero-order valence-corrected chi connectivity index (χ0v) is 17.4. The molecule has 1 atom stereocenters. The third kappa shape index (κ3) is 3.61. The van der Waals surface area contributed by atoms with E-state index in [-0.39, 0.29) is 11.9 Å². The molecule has 0 spiro atoms. The highest BCUT2D eigenvalue weighted by Crippen LogP contribution is 2.38. The van der Waals surface area contributed by atoms with Crippen LogP contribution in [0.25, 0.3) is 10.9 Å². The molecule has 1 fully saturated rings. The van der Waals surface area contributed by atoms with E-state index in [0.29, 0.717) is 19.5 Å². The molecule has 0 radical (unpaired) electrons. The molecule has 2 aliphatic heterocycles. The summed E-state index contributed by atoms with van der Waals surface area (Å²) in [6.07, 6.45) is 3.54. The van der Waals surface area contributed by atoms with Gasteiger partial charge in [0.2, 0.25) is 5.91 Å². The SMILES string of the molecule is Cc1cccc(C2c3[nH]c4ccccc4c3CCN2C(=O)CCN2CCCCO2)n1. The number of nitrogens with zero attached hydrogens (tertiary/aromatic N) is 3. The Bertz CT molecular complexity index is 1050. The Balaban J connectivity index is 1.47. The smallest absolute Gasteiger partial charge is 0.224 e. The standard InChI is InChI=1S/C24H28N4O2/c1-17-7-6-10-21(25-17)24-23-19(18-8-2-3-9-20(18)26-23)11-15-28(24)22(29)12-14-27-13-4-5-16-30-27/h2-3,6-10,24,26H,4-5,11-16H2,1H3. The van der Waals surface area contributed by atoms with Crippen molar-refractivity contribution in [3.63, 3.8) is 0 Å². The van der Waals surface area contributed by atoms with Gasteiger partial charge in [-0.25, -0.2) is 0 Å². The van der Waals surface area contributed by atoms with E-state index in [1.54, 1.807) is 0 Å². The van der Waals surface area contributed by atoms with Gasteiger partial charge < -0.3 is 9.88 Å². The van der Waals surface area contributed by atoms with Gasteiger partial charge in [0, 0.05) is 48.3 Å². The Morgan fingerprint density at radius 2 is 2.07 bits per heavy atom. The molecule has 6 nitrogen and oxygen atoms in total. The third-order valence-electron chi connectivity index (χ3n) is 6.20. The molecular weight excluding hydrogens is 376 g/mol. The molecule has 1 saturated heterocycles. The molecule has 5 rings (SSSR count). The maximum absolute atomic E-state index is 13.3. The Morgan fingerprint density at radius 3 is 2.90 bits per heavy atom. The summed E-state index contributed by atoms with van der Waals surface area (Å²) in [7, 11) is 0. The van der Waals surface area contributed by atoms with Crippen molar-refractivity contribution < 1.29 is 9.63 Å². The first-order valence-corrected chi connectivity index (χ1v) is 10.9. The number of carbonyl (C=O) groups excluding carboxylic acids is 1. The molecule has 2 aromatic heterocycles. The first-order valence-electron chi connectivity index (χ1n) is 10.9. The van der Waals surface area contributed by atoms with Crippen molar-refractivity contribution >= 4 is 16.8 Å². The van der Waals surface area contributed by atoms with Gasteiger partial charge in [-0.1, -0.05) is 24.3 Å². The van der Waals surface area contributed by atoms with Crippen LogP contribution < -0.4 is 0 Å². The number of benzene rings is 1. The number of hydrogen-bond donors (Lipinski definition) is 1. The van der Waals surface area contributed by atoms with Gasteiger partial charge in [-0.2, -0.15) is 5.06 Å². The van der Waals surface area contributed by atoms with Crippen LogP contribution in [0.1, 0.15) is 47.9 Å². The summed E-state index contributed by atoms with van der Waals surface area (Å²) in [5, 5.41) is 3.19. The van der Waals surface area contributed by atoms with Crippen LogP contribution in [0.2, 0.25) is 0 Å². The minimum atomic E-state index is -0.184. The minimum absolute atomic E-state index is 0.154. The van der Waals surface area contributed by atoms with Crippen LogP contribution >= 0.6 is 0 Å². The second-order valence-electron chi connectivity index (χ2n) is 8.23. The van der Waals surface area contributed by atoms with Crippen molar-refractivity contribution in [3.05, 3.63) is 65.1 Å². The van der Waals surface area contributed by atoms with Gasteiger partial charge in [-0.15, -0.1) is 0 Å². The summed E-state index contributed by atoms with van der Waals surface area (Å²) in [4.78, 5) is 29.4. The third-order valence-corrected chi connectivity index (χ3v) is 6.20. The number of fused-ring (bicyclic) bond motifs is 3. The molecule has 1 amide bonds. The first-order chi connectivity index (χ1) is 14.7. The predicted molar refractivity (Wildman–Crippen MR) is 116 cm³/mol. The molecule has 4 heterocycles. The number of para-hydroxylation sites is 1. The fraction of sp³-hybridized carbons (Fsp3) is 0.417. The number of hydroxylamine groups is 2. The molecule has 0 bridgehead atoms. The Kier molecular flexibility index (Phi) is 5.27. The lowest BCUT2D eigenvalue weighted by Gasteiger charge is -2.36. The van der Waals surface area contributed by atoms with E-state index < -0.39 is 0 Å². The van der Waals surface area contributed by atoms with Gasteiger partial charge in [0.1, 0.15) is 6.04 Å². The van der Waals surface area contributed by atoms with E-state index in [4.69, 9.17) is 9.82 Å². The number of amides is 1. The lowest BCUT2D eigenvalue weighted by atomic mass is 9.94. The molecule has 1 N–H and O–H groups in total. The number of nitrogens with one attached hydrogen (secondary N) is 1. The van der Waals surface area contributed by atoms with Gasteiger partial charge in [0.25, 0.3) is 0 Å². The average molecular weight is 405 g/mol. The highest BCUT2D eigenvalue weighted by molar-refractivity contribution is 5.86. The zero-order valence-electron chi connectivity index (χ0n) is 17.4. The Morgan fingerprint density at radius 1 is 1.17 bits per heavy atom. The molecule has 0 saturated carbocycles. The van der Waals surface area contributed by atoms with Gasteiger partial charge in [0.15, 0.2) is 0 Å². The number of aryl methyl sites for hydroxylation is 1. The lowest BCUT2D eigenvalue weighted by Crippen LogP contribution is -2.42. The number of hydrogen-bond acceptors (Lipinski definition) is 4. The van der Waals surface area contributed by atoms with E-state index in [0.717, 1.165) is 55.0 Å². The fourth-order valence-corrected chi connectivity index (χ4v) is 4.72. The van der Waals surface area contributed by atoms with Crippen LogP contribution in [0.5, 0.6) is 0 Å². The molecule has 156 valence electrons. The summed E-state index contributed by atoms with van der Waals surface area (Å²) in [6.45, 7) is 5.00. The number of aromatic amines is 1. The summed E-state index contributed by atoms with van der Waals surface area (Å²) in [6, 6.07) is 14.3. The van der Waals surface area contributed by atoms with E-state index in [1.807, 2.05) is 41.2 Å². The molecule has 3 aromatic rings. The maximum atomic E-state index is 13.3. The minimum Gasteiger partial charge on any atom is -0.356 e. The average Bonchev–Trinajstić information content (AvgIpc) is 3.16. The van der Waals surface area contributed by atoms with Crippen molar-refractivity contribution in [2.75, 3.05) is 26.2 Å². The Labute approximate surface area is 176 Å². The van der Waals surface area contributed by atoms with Crippen LogP contribution in [0.4, 0.5) is 0 Å². The highest BCUT2D eigenvalue weighted by atomic mass is 16.7. The first kappa shape index (κ1) is 19.3. The second-order valence-corrected chi connectivity index (χ2v) is 8.23. The normalized spacial score (nSPS) is 19.8. The zero-order chi connectivity index (χ0) is 20.5. The van der Waals surface area contributed by atoms with Crippen LogP contribution in [-0.4, -0.2) is 52.1 Å². The lowest BCUT2D eigenvalue weighted by molar-refractivity contribution is -0.182. The Hall–Kier alpha value is -2.70. The number of H-pyrrole nitrogens is 1. The molecule has 1 aromatic carbocycles. The highest BCUT2D eigenvalue weighted by Gasteiger charge is 2.35. The van der Waals surface area contributed by atoms with Crippen LogP contribution in [0, 0.1) is 6.92 Å². The van der Waals surface area contributed by atoms with Gasteiger partial charge in [-0.3, -0.25) is 14.6 Å². The number of aromatic nitrogens is 2. The fourth-order valence-electron chi connectivity index (χ4n) is 4.72. The molecule has 2 aliphatic rings. The monoisotopic (exact) mass is 404 g/mol.